The lowest BCUT2D eigenvalue weighted by atomic mass is 10.4. The Labute approximate surface area is 58.2 Å². The van der Waals surface area contributed by atoms with Crippen molar-refractivity contribution < 1.29 is 14.7 Å². The molecule has 0 rings (SSSR count). The van der Waals surface area contributed by atoms with E-state index >= 15 is 0 Å². The summed E-state index contributed by atoms with van der Waals surface area (Å²) < 4.78 is 0. The van der Waals surface area contributed by atoms with E-state index in [0.29, 0.717) is 0 Å². The maximum Gasteiger partial charge on any atom is 0.317 e. The number of aliphatic carboxylic acids is 1. The molecule has 0 fully saturated rings. The average Bonchev–Trinajstić information content (AvgIpc) is 1.87. The van der Waals surface area contributed by atoms with E-state index in [1.54, 1.807) is 0 Å². The molecule has 0 bridgehead atoms. The molecule has 4 N–H and O–H groups in total. The van der Waals surface area contributed by atoms with Gasteiger partial charge in [-0.05, 0) is 0 Å². The second-order valence-corrected chi connectivity index (χ2v) is 1.74. The summed E-state index contributed by atoms with van der Waals surface area (Å²) >= 11 is 0. The maximum absolute atomic E-state index is 10.4. The van der Waals surface area contributed by atoms with E-state index in [0.717, 1.165) is 0 Å². The number of Topliss-reactive ketones (excluding diaryl/α,β-unsaturated/α-hetero) is 1. The van der Waals surface area contributed by atoms with Gasteiger partial charge in [0.05, 0.1) is 19.6 Å². The fourth-order valence-corrected chi connectivity index (χ4v) is 0.381. The topological polar surface area (TPSA) is 92.4 Å². The first kappa shape index (κ1) is 9.06. The van der Waals surface area contributed by atoms with Crippen LogP contribution >= 0.6 is 0 Å². The van der Waals surface area contributed by atoms with Crippen molar-refractivity contribution in [3.05, 3.63) is 0 Å². The first-order chi connectivity index (χ1) is 4.66. The quantitative estimate of drug-likeness (QED) is 0.425. The van der Waals surface area contributed by atoms with Crippen molar-refractivity contribution >= 4 is 11.8 Å². The average molecular weight is 146 g/mol. The van der Waals surface area contributed by atoms with Gasteiger partial charge in [0, 0.05) is 0 Å². The van der Waals surface area contributed by atoms with E-state index in [-0.39, 0.29) is 25.4 Å². The molecule has 0 amide bonds. The molecule has 0 unspecified atom stereocenters. The zero-order valence-corrected chi connectivity index (χ0v) is 5.46. The van der Waals surface area contributed by atoms with Crippen LogP contribution in [-0.4, -0.2) is 36.5 Å². The molecule has 0 aromatic rings. The van der Waals surface area contributed by atoms with Crippen LogP contribution in [0.3, 0.4) is 0 Å². The van der Waals surface area contributed by atoms with Crippen molar-refractivity contribution in [3.63, 3.8) is 0 Å². The highest BCUT2D eigenvalue weighted by atomic mass is 16.4. The number of rotatable bonds is 5. The second kappa shape index (κ2) is 4.89. The van der Waals surface area contributed by atoms with Gasteiger partial charge in [-0.1, -0.05) is 0 Å². The normalized spacial score (nSPS) is 9.30. The number of carboxylic acids is 1. The summed E-state index contributed by atoms with van der Waals surface area (Å²) in [5.41, 5.74) is 4.95. The molecule has 5 heteroatoms. The van der Waals surface area contributed by atoms with Crippen LogP contribution in [-0.2, 0) is 9.59 Å². The van der Waals surface area contributed by atoms with Crippen molar-refractivity contribution in [2.24, 2.45) is 5.73 Å². The number of carbonyl (C=O) groups is 2. The predicted molar refractivity (Wildman–Crippen MR) is 34.6 cm³/mol. The zero-order valence-electron chi connectivity index (χ0n) is 5.46. The summed E-state index contributed by atoms with van der Waals surface area (Å²) in [6.45, 7) is -0.221. The van der Waals surface area contributed by atoms with Crippen LogP contribution in [0, 0.1) is 0 Å². The van der Waals surface area contributed by atoms with Gasteiger partial charge in [-0.15, -0.1) is 0 Å². The second-order valence-electron chi connectivity index (χ2n) is 1.74. The van der Waals surface area contributed by atoms with Gasteiger partial charge in [0.25, 0.3) is 0 Å². The van der Waals surface area contributed by atoms with Crippen LogP contribution in [0.4, 0.5) is 0 Å². The molecule has 0 aliphatic heterocycles. The monoisotopic (exact) mass is 146 g/mol. The van der Waals surface area contributed by atoms with Gasteiger partial charge < -0.3 is 16.2 Å². The number of hydrogen-bond donors (Lipinski definition) is 3. The van der Waals surface area contributed by atoms with Crippen molar-refractivity contribution in [2.75, 3.05) is 19.6 Å². The maximum atomic E-state index is 10.4. The number of carboxylic acid groups (broad SMARTS) is 1. The van der Waals surface area contributed by atoms with Crippen molar-refractivity contribution in [1.29, 1.82) is 0 Å². The minimum absolute atomic E-state index is 0.0306. The van der Waals surface area contributed by atoms with E-state index in [1.807, 2.05) is 0 Å². The summed E-state index contributed by atoms with van der Waals surface area (Å²) in [5.74, 6) is -1.17. The third-order valence-corrected chi connectivity index (χ3v) is 0.826. The lowest BCUT2D eigenvalue weighted by Crippen LogP contribution is -2.31. The highest BCUT2D eigenvalue weighted by Crippen LogP contribution is 1.64. The highest BCUT2D eigenvalue weighted by molar-refractivity contribution is 5.82. The van der Waals surface area contributed by atoms with Crippen LogP contribution < -0.4 is 11.1 Å². The Bertz CT molecular complexity index is 135. The first-order valence-corrected chi connectivity index (χ1v) is 2.81. The van der Waals surface area contributed by atoms with Crippen molar-refractivity contribution in [3.8, 4) is 0 Å². The minimum Gasteiger partial charge on any atom is -0.480 e. The van der Waals surface area contributed by atoms with Crippen LogP contribution in [0.5, 0.6) is 0 Å². The number of nitrogens with two attached hydrogens (primary N) is 1. The molecule has 0 aliphatic carbocycles. The molecule has 0 aliphatic rings. The van der Waals surface area contributed by atoms with Crippen LogP contribution in [0.1, 0.15) is 0 Å². The third kappa shape index (κ3) is 5.20. The fourth-order valence-electron chi connectivity index (χ4n) is 0.381. The number of hydrogen-bond acceptors (Lipinski definition) is 4. The Hall–Kier alpha value is -0.940. The Morgan fingerprint density at radius 3 is 2.40 bits per heavy atom. The van der Waals surface area contributed by atoms with E-state index in [2.05, 4.69) is 5.32 Å². The van der Waals surface area contributed by atoms with Gasteiger partial charge in [0.2, 0.25) is 0 Å². The Kier molecular flexibility index (Phi) is 4.43. The zero-order chi connectivity index (χ0) is 7.98. The largest absolute Gasteiger partial charge is 0.480 e. The lowest BCUT2D eigenvalue weighted by Gasteiger charge is -1.96. The molecule has 0 aromatic carbocycles. The van der Waals surface area contributed by atoms with Crippen LogP contribution in [0.15, 0.2) is 0 Å². The fraction of sp³-hybridized carbons (Fsp3) is 0.600. The molecule has 0 saturated heterocycles. The summed E-state index contributed by atoms with van der Waals surface area (Å²) in [6, 6.07) is 0. The Morgan fingerprint density at radius 1 is 1.40 bits per heavy atom. The number of ketones is 1. The molecular formula is C5H10N2O3. The van der Waals surface area contributed by atoms with Gasteiger partial charge in [0.1, 0.15) is 0 Å². The van der Waals surface area contributed by atoms with Crippen molar-refractivity contribution in [1.82, 2.24) is 5.32 Å². The molecule has 0 spiro atoms. The molecule has 5 nitrogen and oxygen atoms in total. The molecule has 0 atom stereocenters. The number of carbonyl (C=O) groups excluding carboxylic acids is 1. The van der Waals surface area contributed by atoms with E-state index in [9.17, 15) is 9.59 Å². The van der Waals surface area contributed by atoms with Crippen LogP contribution in [0.2, 0.25) is 0 Å². The Balaban J connectivity index is 3.20. The molecule has 10 heavy (non-hydrogen) atoms. The smallest absolute Gasteiger partial charge is 0.317 e. The van der Waals surface area contributed by atoms with Gasteiger partial charge >= 0.3 is 5.97 Å². The minimum atomic E-state index is -0.982. The van der Waals surface area contributed by atoms with E-state index < -0.39 is 5.97 Å². The molecule has 0 saturated carbocycles. The van der Waals surface area contributed by atoms with Crippen LogP contribution in [0.25, 0.3) is 0 Å². The lowest BCUT2D eigenvalue weighted by molar-refractivity contribution is -0.135. The van der Waals surface area contributed by atoms with Crippen molar-refractivity contribution in [2.45, 2.75) is 0 Å². The molecule has 58 valence electrons. The molecule has 0 aromatic heterocycles. The summed E-state index contributed by atoms with van der Waals surface area (Å²) in [7, 11) is 0. The van der Waals surface area contributed by atoms with E-state index in [4.69, 9.17) is 10.8 Å². The van der Waals surface area contributed by atoms with Gasteiger partial charge in [-0.25, -0.2) is 0 Å². The SMILES string of the molecule is NCC(=O)CNCC(=O)O. The summed E-state index contributed by atoms with van der Waals surface area (Å²) in [6.07, 6.45) is 0. The highest BCUT2D eigenvalue weighted by Gasteiger charge is 1.98. The first-order valence-electron chi connectivity index (χ1n) is 2.81. The number of nitrogens with one attached hydrogen (secondary N) is 1. The molecular weight excluding hydrogens is 136 g/mol. The Morgan fingerprint density at radius 2 is 2.00 bits per heavy atom. The van der Waals surface area contributed by atoms with Gasteiger partial charge in [-0.3, -0.25) is 9.59 Å². The van der Waals surface area contributed by atoms with E-state index in [1.165, 1.54) is 0 Å². The predicted octanol–water partition coefficient (Wildman–Crippen LogP) is -1.81. The summed E-state index contributed by atoms with van der Waals surface area (Å²) in [4.78, 5) is 20.3. The summed E-state index contributed by atoms with van der Waals surface area (Å²) in [5, 5.41) is 10.5. The van der Waals surface area contributed by atoms with Gasteiger partial charge in [-0.2, -0.15) is 0 Å². The molecule has 0 heterocycles. The molecule has 0 radical (unpaired) electrons. The third-order valence-electron chi connectivity index (χ3n) is 0.826. The van der Waals surface area contributed by atoms with Gasteiger partial charge in [0.15, 0.2) is 5.78 Å². The standard InChI is InChI=1S/C5H10N2O3/c6-1-4(8)2-7-3-5(9)10/h7H,1-3,6H2,(H,9,10).